The van der Waals surface area contributed by atoms with Crippen molar-refractivity contribution in [2.75, 3.05) is 26.9 Å². The number of aryl methyl sites for hydroxylation is 2. The van der Waals surface area contributed by atoms with Crippen molar-refractivity contribution >= 4 is 16.9 Å². The quantitative estimate of drug-likeness (QED) is 0.619. The molecule has 0 unspecified atom stereocenters. The maximum Gasteiger partial charge on any atom is 0.245 e. The normalized spacial score (nSPS) is 11.0. The van der Waals surface area contributed by atoms with E-state index in [9.17, 15) is 4.79 Å². The Morgan fingerprint density at radius 3 is 2.79 bits per heavy atom. The number of amides is 1. The summed E-state index contributed by atoms with van der Waals surface area (Å²) in [5.41, 5.74) is 4.39. The van der Waals surface area contributed by atoms with Gasteiger partial charge < -0.3 is 19.4 Å². The molecule has 0 bridgehead atoms. The zero-order valence-corrected chi connectivity index (χ0v) is 16.7. The van der Waals surface area contributed by atoms with Gasteiger partial charge in [-0.05, 0) is 37.6 Å². The fourth-order valence-electron chi connectivity index (χ4n) is 3.27. The minimum absolute atomic E-state index is 0.0696. The van der Waals surface area contributed by atoms with E-state index in [0.29, 0.717) is 26.1 Å². The molecule has 0 aliphatic carbocycles. The molecule has 148 valence electrons. The van der Waals surface area contributed by atoms with Gasteiger partial charge in [0.25, 0.3) is 0 Å². The van der Waals surface area contributed by atoms with Crippen molar-refractivity contribution in [3.63, 3.8) is 0 Å². The van der Waals surface area contributed by atoms with Gasteiger partial charge in [-0.25, -0.2) is 4.98 Å². The summed E-state index contributed by atoms with van der Waals surface area (Å²) in [6, 6.07) is 14.3. The third-order valence-corrected chi connectivity index (χ3v) is 4.58. The van der Waals surface area contributed by atoms with Crippen molar-refractivity contribution in [2.24, 2.45) is 0 Å². The lowest BCUT2D eigenvalue weighted by molar-refractivity contribution is -0.124. The topological polar surface area (TPSA) is 65.4 Å². The Morgan fingerprint density at radius 2 is 2.00 bits per heavy atom. The van der Waals surface area contributed by atoms with Crippen LogP contribution >= 0.6 is 0 Å². The number of methoxy groups -OCH3 is 1. The molecule has 2 aromatic carbocycles. The number of fused-ring (bicyclic) bond motifs is 1. The van der Waals surface area contributed by atoms with Crippen LogP contribution in [0.2, 0.25) is 0 Å². The molecule has 3 rings (SSSR count). The third kappa shape index (κ3) is 4.89. The van der Waals surface area contributed by atoms with Gasteiger partial charge in [0.1, 0.15) is 24.8 Å². The maximum atomic E-state index is 11.6. The van der Waals surface area contributed by atoms with Gasteiger partial charge in [0.15, 0.2) is 0 Å². The maximum absolute atomic E-state index is 11.6. The van der Waals surface area contributed by atoms with Crippen molar-refractivity contribution in [2.45, 2.75) is 26.8 Å². The van der Waals surface area contributed by atoms with Crippen molar-refractivity contribution < 1.29 is 14.3 Å². The lowest BCUT2D eigenvalue weighted by Gasteiger charge is -2.13. The summed E-state index contributed by atoms with van der Waals surface area (Å²) < 4.78 is 13.0. The van der Waals surface area contributed by atoms with Crippen LogP contribution in [0.4, 0.5) is 0 Å². The molecule has 0 radical (unpaired) electrons. The van der Waals surface area contributed by atoms with Crippen molar-refractivity contribution in [3.8, 4) is 5.75 Å². The summed E-state index contributed by atoms with van der Waals surface area (Å²) in [5.74, 6) is 1.72. The zero-order chi connectivity index (χ0) is 19.9. The average Bonchev–Trinajstić information content (AvgIpc) is 3.01. The number of carbonyl (C=O) groups is 1. The van der Waals surface area contributed by atoms with Gasteiger partial charge >= 0.3 is 0 Å². The first-order valence-electron chi connectivity index (χ1n) is 9.48. The molecule has 0 saturated carbocycles. The van der Waals surface area contributed by atoms with E-state index in [1.54, 1.807) is 0 Å². The number of carbonyl (C=O) groups excluding carboxylic acids is 1. The molecule has 28 heavy (non-hydrogen) atoms. The summed E-state index contributed by atoms with van der Waals surface area (Å²) in [6.07, 6.45) is 0.647. The predicted octanol–water partition coefficient (Wildman–Crippen LogP) is 3.04. The molecule has 1 heterocycles. The number of imidazole rings is 1. The molecule has 0 aliphatic heterocycles. The van der Waals surface area contributed by atoms with E-state index in [1.165, 1.54) is 12.7 Å². The second-order valence-electron chi connectivity index (χ2n) is 6.82. The Balaban J connectivity index is 1.68. The Morgan fingerprint density at radius 1 is 1.18 bits per heavy atom. The number of nitrogens with one attached hydrogen (secondary N) is 1. The van der Waals surface area contributed by atoms with Crippen molar-refractivity contribution in [1.29, 1.82) is 0 Å². The highest BCUT2D eigenvalue weighted by molar-refractivity contribution is 5.77. The molecule has 3 aromatic rings. The van der Waals surface area contributed by atoms with Crippen LogP contribution < -0.4 is 10.1 Å². The molecule has 0 aliphatic rings. The monoisotopic (exact) mass is 381 g/mol. The number of aromatic nitrogens is 2. The fraction of sp³-hybridized carbons (Fsp3) is 0.364. The average molecular weight is 381 g/mol. The molecule has 1 amide bonds. The molecule has 6 nitrogen and oxygen atoms in total. The Kier molecular flexibility index (Phi) is 6.66. The van der Waals surface area contributed by atoms with Gasteiger partial charge in [-0.3, -0.25) is 4.79 Å². The second kappa shape index (κ2) is 9.37. The number of hydrogen-bond donors (Lipinski definition) is 1. The van der Waals surface area contributed by atoms with Gasteiger partial charge in [0.2, 0.25) is 5.91 Å². The largest absolute Gasteiger partial charge is 0.491 e. The lowest BCUT2D eigenvalue weighted by atomic mass is 10.1. The van der Waals surface area contributed by atoms with Crippen LogP contribution in [0.1, 0.15) is 17.0 Å². The van der Waals surface area contributed by atoms with E-state index >= 15 is 0 Å². The van der Waals surface area contributed by atoms with E-state index in [1.807, 2.05) is 24.3 Å². The molecule has 1 aromatic heterocycles. The van der Waals surface area contributed by atoms with E-state index in [4.69, 9.17) is 14.5 Å². The van der Waals surface area contributed by atoms with E-state index in [-0.39, 0.29) is 12.5 Å². The van der Waals surface area contributed by atoms with Gasteiger partial charge in [0.05, 0.1) is 17.6 Å². The second-order valence-corrected chi connectivity index (χ2v) is 6.82. The van der Waals surface area contributed by atoms with Crippen LogP contribution in [0.3, 0.4) is 0 Å². The first-order chi connectivity index (χ1) is 13.6. The highest BCUT2D eigenvalue weighted by atomic mass is 16.5. The van der Waals surface area contributed by atoms with E-state index in [0.717, 1.165) is 28.2 Å². The van der Waals surface area contributed by atoms with Crippen molar-refractivity contribution in [1.82, 2.24) is 14.9 Å². The zero-order valence-electron chi connectivity index (χ0n) is 16.7. The van der Waals surface area contributed by atoms with Gasteiger partial charge in [-0.2, -0.15) is 0 Å². The molecule has 0 fully saturated rings. The molecule has 1 N–H and O–H groups in total. The van der Waals surface area contributed by atoms with Gasteiger partial charge in [-0.1, -0.05) is 29.8 Å². The molecule has 0 saturated heterocycles. The summed E-state index contributed by atoms with van der Waals surface area (Å²) in [7, 11) is 1.51. The van der Waals surface area contributed by atoms with E-state index < -0.39 is 0 Å². The van der Waals surface area contributed by atoms with Crippen molar-refractivity contribution in [3.05, 3.63) is 59.4 Å². The smallest absolute Gasteiger partial charge is 0.245 e. The first kappa shape index (κ1) is 19.9. The standard InChI is InChI=1S/C22H27N3O3/c1-16-8-9-20(17(2)14-16)28-13-12-25-19-7-5-4-6-18(19)24-21(25)10-11-23-22(26)15-27-3/h4-9,14H,10-13,15H2,1-3H3,(H,23,26). The summed E-state index contributed by atoms with van der Waals surface area (Å²) in [5, 5.41) is 2.85. The predicted molar refractivity (Wildman–Crippen MR) is 110 cm³/mol. The van der Waals surface area contributed by atoms with E-state index in [2.05, 4.69) is 41.9 Å². The summed E-state index contributed by atoms with van der Waals surface area (Å²) in [4.78, 5) is 16.3. The van der Waals surface area contributed by atoms with Crippen LogP contribution in [-0.4, -0.2) is 42.3 Å². The number of hydrogen-bond acceptors (Lipinski definition) is 4. The number of rotatable bonds is 9. The molecule has 6 heteroatoms. The minimum Gasteiger partial charge on any atom is -0.491 e. The molecular weight excluding hydrogens is 354 g/mol. The Hall–Kier alpha value is -2.86. The van der Waals surface area contributed by atoms with Crippen LogP contribution in [0.25, 0.3) is 11.0 Å². The number of nitrogens with zero attached hydrogens (tertiary/aromatic N) is 2. The Labute approximate surface area is 165 Å². The SMILES string of the molecule is COCC(=O)NCCc1nc2ccccc2n1CCOc1ccc(C)cc1C. The fourth-order valence-corrected chi connectivity index (χ4v) is 3.27. The third-order valence-electron chi connectivity index (χ3n) is 4.58. The van der Waals surface area contributed by atoms with Crippen LogP contribution in [-0.2, 0) is 22.5 Å². The molecule has 0 spiro atoms. The Bertz CT molecular complexity index is 949. The number of para-hydroxylation sites is 2. The summed E-state index contributed by atoms with van der Waals surface area (Å²) >= 11 is 0. The number of benzene rings is 2. The minimum atomic E-state index is -0.122. The lowest BCUT2D eigenvalue weighted by Crippen LogP contribution is -2.29. The number of ether oxygens (including phenoxy) is 2. The first-order valence-corrected chi connectivity index (χ1v) is 9.48. The highest BCUT2D eigenvalue weighted by Gasteiger charge is 2.11. The van der Waals surface area contributed by atoms with Crippen LogP contribution in [0, 0.1) is 13.8 Å². The van der Waals surface area contributed by atoms with Crippen LogP contribution in [0.5, 0.6) is 5.75 Å². The van der Waals surface area contributed by atoms with Crippen LogP contribution in [0.15, 0.2) is 42.5 Å². The van der Waals surface area contributed by atoms with Gasteiger partial charge in [0, 0.05) is 20.1 Å². The van der Waals surface area contributed by atoms with Gasteiger partial charge in [-0.15, -0.1) is 0 Å². The highest BCUT2D eigenvalue weighted by Crippen LogP contribution is 2.20. The summed E-state index contributed by atoms with van der Waals surface area (Å²) in [6.45, 7) is 5.96. The molecular formula is C22H27N3O3. The molecule has 0 atom stereocenters.